The summed E-state index contributed by atoms with van der Waals surface area (Å²) in [6, 6.07) is 10.4. The molecule has 0 spiro atoms. The molecule has 0 aromatic heterocycles. The first-order valence-electron chi connectivity index (χ1n) is 7.91. The Balaban J connectivity index is 1.93. The lowest BCUT2D eigenvalue weighted by molar-refractivity contribution is -0.137. The molecule has 1 aliphatic rings. The predicted octanol–water partition coefficient (Wildman–Crippen LogP) is 4.83. The fourth-order valence-corrected chi connectivity index (χ4v) is 2.72. The van der Waals surface area contributed by atoms with Crippen molar-refractivity contribution < 1.29 is 19.1 Å². The number of hydrogen-bond donors (Lipinski definition) is 0. The molecule has 128 valence electrons. The fraction of sp³-hybridized carbons (Fsp3) is 0.200. The van der Waals surface area contributed by atoms with Crippen LogP contribution in [0.4, 0.5) is 0 Å². The summed E-state index contributed by atoms with van der Waals surface area (Å²) in [4.78, 5) is 24.4. The lowest BCUT2D eigenvalue weighted by atomic mass is 10.0. The van der Waals surface area contributed by atoms with Crippen molar-refractivity contribution in [3.8, 4) is 11.5 Å². The number of fused-ring (bicyclic) bond motifs is 1. The highest BCUT2D eigenvalue weighted by Crippen LogP contribution is 2.37. The molecule has 0 atom stereocenters. The standard InChI is InChI=1S/C20H17ClO4/c1-11(2)20(23)24-15-7-12(3)18-16(10-15)25-17(19(18)22)9-13-5-4-6-14(21)8-13/h4-11H,1-3H3/b17-9-. The zero-order valence-corrected chi connectivity index (χ0v) is 14.9. The summed E-state index contributed by atoms with van der Waals surface area (Å²) in [6.07, 6.45) is 1.65. The largest absolute Gasteiger partial charge is 0.452 e. The van der Waals surface area contributed by atoms with E-state index in [1.807, 2.05) is 6.07 Å². The van der Waals surface area contributed by atoms with Gasteiger partial charge in [0.05, 0.1) is 11.5 Å². The van der Waals surface area contributed by atoms with Crippen LogP contribution in [0, 0.1) is 12.8 Å². The molecule has 0 amide bonds. The van der Waals surface area contributed by atoms with Crippen LogP contribution in [0.15, 0.2) is 42.2 Å². The third kappa shape index (κ3) is 3.59. The van der Waals surface area contributed by atoms with E-state index >= 15 is 0 Å². The molecule has 1 heterocycles. The second-order valence-corrected chi connectivity index (χ2v) is 6.62. The van der Waals surface area contributed by atoms with E-state index < -0.39 is 0 Å². The zero-order chi connectivity index (χ0) is 18.1. The van der Waals surface area contributed by atoms with Gasteiger partial charge in [0.25, 0.3) is 0 Å². The minimum Gasteiger partial charge on any atom is -0.452 e. The molecule has 2 aromatic rings. The maximum Gasteiger partial charge on any atom is 0.313 e. The molecule has 2 aromatic carbocycles. The Morgan fingerprint density at radius 1 is 1.24 bits per heavy atom. The van der Waals surface area contributed by atoms with Crippen molar-refractivity contribution >= 4 is 29.4 Å². The number of rotatable bonds is 3. The fourth-order valence-electron chi connectivity index (χ4n) is 2.52. The van der Waals surface area contributed by atoms with Crippen LogP contribution in [0.25, 0.3) is 6.08 Å². The Morgan fingerprint density at radius 2 is 2.00 bits per heavy atom. The molecular weight excluding hydrogens is 340 g/mol. The number of ketones is 1. The number of ether oxygens (including phenoxy) is 2. The predicted molar refractivity (Wildman–Crippen MR) is 96.0 cm³/mol. The van der Waals surface area contributed by atoms with Gasteiger partial charge in [0, 0.05) is 11.1 Å². The minimum atomic E-state index is -0.335. The molecule has 5 heteroatoms. The Morgan fingerprint density at radius 3 is 2.68 bits per heavy atom. The van der Waals surface area contributed by atoms with E-state index in [0.29, 0.717) is 27.6 Å². The number of carbonyl (C=O) groups excluding carboxylic acids is 2. The number of carbonyl (C=O) groups is 2. The van der Waals surface area contributed by atoms with E-state index in [-0.39, 0.29) is 23.4 Å². The molecule has 0 unspecified atom stereocenters. The van der Waals surface area contributed by atoms with E-state index in [1.54, 1.807) is 57.2 Å². The highest BCUT2D eigenvalue weighted by Gasteiger charge is 2.30. The first kappa shape index (κ1) is 17.2. The molecule has 0 bridgehead atoms. The van der Waals surface area contributed by atoms with Crippen LogP contribution < -0.4 is 9.47 Å². The number of aryl methyl sites for hydroxylation is 1. The SMILES string of the molecule is Cc1cc(OC(=O)C(C)C)cc2c1C(=O)/C(=C/c1cccc(Cl)c1)O2. The van der Waals surface area contributed by atoms with E-state index in [4.69, 9.17) is 21.1 Å². The first-order chi connectivity index (χ1) is 11.8. The van der Waals surface area contributed by atoms with Crippen LogP contribution in [-0.4, -0.2) is 11.8 Å². The summed E-state index contributed by atoms with van der Waals surface area (Å²) in [5.41, 5.74) is 1.95. The van der Waals surface area contributed by atoms with Crippen LogP contribution >= 0.6 is 11.6 Å². The van der Waals surface area contributed by atoms with Gasteiger partial charge < -0.3 is 9.47 Å². The van der Waals surface area contributed by atoms with E-state index in [9.17, 15) is 9.59 Å². The van der Waals surface area contributed by atoms with E-state index in [0.717, 1.165) is 5.56 Å². The summed E-state index contributed by atoms with van der Waals surface area (Å²) in [5.74, 6) is 0.200. The quantitative estimate of drug-likeness (QED) is 0.449. The zero-order valence-electron chi connectivity index (χ0n) is 14.1. The normalized spacial score (nSPS) is 14.6. The van der Waals surface area contributed by atoms with Gasteiger partial charge in [-0.3, -0.25) is 9.59 Å². The summed E-state index contributed by atoms with van der Waals surface area (Å²) in [5, 5.41) is 0.580. The number of benzene rings is 2. The molecule has 0 saturated carbocycles. The monoisotopic (exact) mass is 356 g/mol. The lowest BCUT2D eigenvalue weighted by Crippen LogP contribution is -2.14. The van der Waals surface area contributed by atoms with Crippen LogP contribution in [0.5, 0.6) is 11.5 Å². The van der Waals surface area contributed by atoms with Gasteiger partial charge in [-0.25, -0.2) is 0 Å². The Bertz CT molecular complexity index is 897. The van der Waals surface area contributed by atoms with Crippen molar-refractivity contribution in [1.29, 1.82) is 0 Å². The Labute approximate surface area is 151 Å². The average Bonchev–Trinajstić information content (AvgIpc) is 2.83. The molecule has 3 rings (SSSR count). The van der Waals surface area contributed by atoms with Gasteiger partial charge in [0.2, 0.25) is 5.78 Å². The van der Waals surface area contributed by atoms with Crippen molar-refractivity contribution in [2.45, 2.75) is 20.8 Å². The van der Waals surface area contributed by atoms with Crippen molar-refractivity contribution in [3.05, 3.63) is 63.9 Å². The maximum atomic E-state index is 12.6. The molecular formula is C20H17ClO4. The second-order valence-electron chi connectivity index (χ2n) is 6.18. The van der Waals surface area contributed by atoms with Crippen LogP contribution in [0.2, 0.25) is 5.02 Å². The second kappa shape index (κ2) is 6.73. The summed E-state index contributed by atoms with van der Waals surface area (Å²) >= 11 is 5.97. The van der Waals surface area contributed by atoms with Crippen LogP contribution in [-0.2, 0) is 4.79 Å². The molecule has 0 N–H and O–H groups in total. The van der Waals surface area contributed by atoms with Crippen LogP contribution in [0.3, 0.4) is 0 Å². The lowest BCUT2D eigenvalue weighted by Gasteiger charge is -2.09. The molecule has 0 fully saturated rings. The highest BCUT2D eigenvalue weighted by molar-refractivity contribution is 6.30. The third-order valence-electron chi connectivity index (χ3n) is 3.78. The number of esters is 1. The molecule has 0 saturated heterocycles. The van der Waals surface area contributed by atoms with Crippen molar-refractivity contribution in [3.63, 3.8) is 0 Å². The molecule has 1 aliphatic heterocycles. The Hall–Kier alpha value is -2.59. The van der Waals surface area contributed by atoms with Crippen LogP contribution in [0.1, 0.15) is 35.3 Å². The Kier molecular flexibility index (Phi) is 4.64. The van der Waals surface area contributed by atoms with Crippen molar-refractivity contribution in [2.24, 2.45) is 5.92 Å². The summed E-state index contributed by atoms with van der Waals surface area (Å²) in [6.45, 7) is 5.30. The summed E-state index contributed by atoms with van der Waals surface area (Å²) in [7, 11) is 0. The topological polar surface area (TPSA) is 52.6 Å². The van der Waals surface area contributed by atoms with Gasteiger partial charge in [0.1, 0.15) is 11.5 Å². The maximum absolute atomic E-state index is 12.6. The van der Waals surface area contributed by atoms with Gasteiger partial charge in [0.15, 0.2) is 5.76 Å². The van der Waals surface area contributed by atoms with Crippen molar-refractivity contribution in [1.82, 2.24) is 0 Å². The molecule has 0 radical (unpaired) electrons. The van der Waals surface area contributed by atoms with Crippen molar-refractivity contribution in [2.75, 3.05) is 0 Å². The third-order valence-corrected chi connectivity index (χ3v) is 4.02. The van der Waals surface area contributed by atoms with Gasteiger partial charge in [-0.05, 0) is 42.3 Å². The average molecular weight is 357 g/mol. The van der Waals surface area contributed by atoms with E-state index in [1.165, 1.54) is 0 Å². The molecule has 4 nitrogen and oxygen atoms in total. The smallest absolute Gasteiger partial charge is 0.313 e. The molecule has 25 heavy (non-hydrogen) atoms. The first-order valence-corrected chi connectivity index (χ1v) is 8.29. The number of allylic oxidation sites excluding steroid dienone is 1. The number of halogens is 1. The minimum absolute atomic E-state index is 0.200. The number of Topliss-reactive ketones (excluding diaryl/α,β-unsaturated/α-hetero) is 1. The number of hydrogen-bond acceptors (Lipinski definition) is 4. The van der Waals surface area contributed by atoms with Gasteiger partial charge in [-0.1, -0.05) is 37.6 Å². The summed E-state index contributed by atoms with van der Waals surface area (Å²) < 4.78 is 11.0. The van der Waals surface area contributed by atoms with E-state index in [2.05, 4.69) is 0 Å². The molecule has 0 aliphatic carbocycles. The highest BCUT2D eigenvalue weighted by atomic mass is 35.5. The van der Waals surface area contributed by atoms with Gasteiger partial charge >= 0.3 is 5.97 Å². The van der Waals surface area contributed by atoms with Gasteiger partial charge in [-0.15, -0.1) is 0 Å². The van der Waals surface area contributed by atoms with Gasteiger partial charge in [-0.2, -0.15) is 0 Å².